The summed E-state index contributed by atoms with van der Waals surface area (Å²) >= 11 is 6.37. The number of carbonyl (C=O) groups excluding carboxylic acids is 3. The molecule has 0 atom stereocenters. The number of nitrogens with one attached hydrogen (secondary N) is 3. The molecule has 0 bridgehead atoms. The van der Waals surface area contributed by atoms with E-state index >= 15 is 0 Å². The summed E-state index contributed by atoms with van der Waals surface area (Å²) in [6.45, 7) is 7.11. The topological polar surface area (TPSA) is 240 Å². The lowest BCUT2D eigenvalue weighted by atomic mass is 10.0. The molecule has 0 radical (unpaired) electrons. The van der Waals surface area contributed by atoms with Crippen molar-refractivity contribution < 1.29 is 61.1 Å². The highest BCUT2D eigenvalue weighted by atomic mass is 35.5. The van der Waals surface area contributed by atoms with Gasteiger partial charge in [0.2, 0.25) is 11.9 Å². The van der Waals surface area contributed by atoms with Gasteiger partial charge in [-0.2, -0.15) is 0 Å². The summed E-state index contributed by atoms with van der Waals surface area (Å²) < 4.78 is 60.1. The van der Waals surface area contributed by atoms with Crippen molar-refractivity contribution in [2.24, 2.45) is 0 Å². The number of sulfonamides is 1. The van der Waals surface area contributed by atoms with Crippen LogP contribution in [0.1, 0.15) is 121 Å². The van der Waals surface area contributed by atoms with E-state index in [0.29, 0.717) is 18.8 Å². The zero-order valence-electron chi connectivity index (χ0n) is 37.1. The van der Waals surface area contributed by atoms with E-state index in [4.69, 9.17) is 45.1 Å². The Morgan fingerprint density at radius 1 is 0.683 bits per heavy atom. The van der Waals surface area contributed by atoms with Crippen LogP contribution in [-0.4, -0.2) is 125 Å². The second-order valence-electron chi connectivity index (χ2n) is 15.6. The van der Waals surface area contributed by atoms with Crippen molar-refractivity contribution in [3.8, 4) is 5.75 Å². The molecule has 1 aromatic heterocycles. The minimum atomic E-state index is -4.09. The fraction of sp³-hybridized carbons (Fsp3) is 0.674. The number of hydrogen-bond acceptors (Lipinski definition) is 14. The third kappa shape index (κ3) is 28.3. The predicted octanol–water partition coefficient (Wildman–Crippen LogP) is 6.11. The molecule has 0 aliphatic rings. The number of ether oxygens (including phenoxy) is 6. The number of nitrogens with zero attached hydrogens (tertiary/aromatic N) is 2. The van der Waals surface area contributed by atoms with Gasteiger partial charge in [-0.3, -0.25) is 14.4 Å². The Labute approximate surface area is 377 Å². The first-order chi connectivity index (χ1) is 30.2. The second kappa shape index (κ2) is 32.5. The fourth-order valence-electron chi connectivity index (χ4n) is 5.75. The van der Waals surface area contributed by atoms with Crippen molar-refractivity contribution in [3.05, 3.63) is 41.2 Å². The van der Waals surface area contributed by atoms with Gasteiger partial charge < -0.3 is 44.2 Å². The summed E-state index contributed by atoms with van der Waals surface area (Å²) in [7, 11) is -4.09. The van der Waals surface area contributed by atoms with Crippen LogP contribution in [0.25, 0.3) is 0 Å². The van der Waals surface area contributed by atoms with Crippen LogP contribution in [0.4, 0.5) is 5.95 Å². The summed E-state index contributed by atoms with van der Waals surface area (Å²) in [5, 5.41) is 13.9. The number of carboxylic acids is 1. The number of aliphatic carboxylic acids is 1. The zero-order valence-corrected chi connectivity index (χ0v) is 38.7. The molecule has 1 aromatic carbocycles. The Balaban J connectivity index is 1.50. The highest BCUT2D eigenvalue weighted by molar-refractivity contribution is 7.92. The summed E-state index contributed by atoms with van der Waals surface area (Å²) in [5.41, 5.74) is -0.301. The van der Waals surface area contributed by atoms with Crippen molar-refractivity contribution >= 4 is 51.3 Å². The van der Waals surface area contributed by atoms with Crippen molar-refractivity contribution in [2.45, 2.75) is 121 Å². The summed E-state index contributed by atoms with van der Waals surface area (Å²) in [6.07, 6.45) is 17.7. The van der Waals surface area contributed by atoms with E-state index in [9.17, 15) is 27.6 Å². The highest BCUT2D eigenvalue weighted by Crippen LogP contribution is 2.28. The molecule has 0 saturated carbocycles. The maximum Gasteiger partial charge on any atom is 0.329 e. The van der Waals surface area contributed by atoms with Gasteiger partial charge >= 0.3 is 11.9 Å². The van der Waals surface area contributed by atoms with Crippen LogP contribution in [0.3, 0.4) is 0 Å². The SMILES string of the molecule is CC(C)(C)OC(=O)CCCCCCCCCCCCCCCOc1ccc(S(=O)(=O)Nc2ncc(C(=O)NCCOCCOCC(=O)NCCOCCOCC(=O)O)cn2)cc1Cl. The molecule has 2 rings (SSSR count). The van der Waals surface area contributed by atoms with Gasteiger partial charge in [0.1, 0.15) is 24.6 Å². The number of esters is 1. The molecule has 2 amide bonds. The normalized spacial score (nSPS) is 11.6. The number of aromatic nitrogens is 2. The Kier molecular flexibility index (Phi) is 28.4. The smallest absolute Gasteiger partial charge is 0.329 e. The molecule has 0 aliphatic heterocycles. The molecular formula is C43H68ClN5O13S. The van der Waals surface area contributed by atoms with E-state index in [1.165, 1.54) is 82.0 Å². The largest absolute Gasteiger partial charge is 0.492 e. The number of benzene rings is 1. The van der Waals surface area contributed by atoms with E-state index in [1.807, 2.05) is 20.8 Å². The van der Waals surface area contributed by atoms with E-state index in [1.54, 1.807) is 0 Å². The average Bonchev–Trinajstić information content (AvgIpc) is 3.22. The molecule has 0 unspecified atom stereocenters. The van der Waals surface area contributed by atoms with Crippen LogP contribution in [0.2, 0.25) is 5.02 Å². The molecule has 4 N–H and O–H groups in total. The number of amides is 2. The minimum Gasteiger partial charge on any atom is -0.492 e. The second-order valence-corrected chi connectivity index (χ2v) is 17.7. The Hall–Kier alpha value is -4.14. The lowest BCUT2D eigenvalue weighted by Gasteiger charge is -2.19. The van der Waals surface area contributed by atoms with Gasteiger partial charge in [-0.1, -0.05) is 82.2 Å². The fourth-order valence-corrected chi connectivity index (χ4v) is 7.03. The lowest BCUT2D eigenvalue weighted by molar-refractivity contribution is -0.155. The first kappa shape index (κ1) is 55.0. The highest BCUT2D eigenvalue weighted by Gasteiger charge is 2.19. The summed E-state index contributed by atoms with van der Waals surface area (Å²) in [4.78, 5) is 54.2. The number of halogens is 1. The number of unbranched alkanes of at least 4 members (excludes halogenated alkanes) is 12. The van der Waals surface area contributed by atoms with E-state index in [-0.39, 0.29) is 92.6 Å². The van der Waals surface area contributed by atoms with Crippen molar-refractivity contribution in [2.75, 3.05) is 77.3 Å². The van der Waals surface area contributed by atoms with Gasteiger partial charge in [0.15, 0.2) is 0 Å². The molecule has 0 fully saturated rings. The molecule has 356 valence electrons. The van der Waals surface area contributed by atoms with Crippen LogP contribution in [0.15, 0.2) is 35.5 Å². The predicted molar refractivity (Wildman–Crippen MR) is 237 cm³/mol. The molecule has 63 heavy (non-hydrogen) atoms. The van der Waals surface area contributed by atoms with Crippen LogP contribution >= 0.6 is 11.6 Å². The van der Waals surface area contributed by atoms with E-state index in [0.717, 1.165) is 32.1 Å². The molecular weight excluding hydrogens is 862 g/mol. The number of carbonyl (C=O) groups is 4. The van der Waals surface area contributed by atoms with Gasteiger partial charge in [-0.15, -0.1) is 0 Å². The summed E-state index contributed by atoms with van der Waals surface area (Å²) in [6, 6.07) is 4.20. The zero-order chi connectivity index (χ0) is 46.2. The Morgan fingerprint density at radius 2 is 1.21 bits per heavy atom. The van der Waals surface area contributed by atoms with Gasteiger partial charge in [-0.05, 0) is 51.8 Å². The van der Waals surface area contributed by atoms with Gasteiger partial charge in [0.25, 0.3) is 15.9 Å². The number of rotatable bonds is 37. The molecule has 18 nitrogen and oxygen atoms in total. The standard InChI is InChI=1S/C43H68ClN5O13S/c1-43(2,3)62-40(53)17-15-13-11-9-7-5-4-6-8-10-12-14-16-22-61-37-19-18-35(29-36(37)44)63(55,56)49-42-47-30-34(31-48-42)41(54)46-21-24-58-25-27-59-32-38(50)45-20-23-57-26-28-60-33-39(51)52/h18-19,29-31H,4-17,20-28,32-33H2,1-3H3,(H,45,50)(H,46,54)(H,51,52)(H,47,48,49). The van der Waals surface area contributed by atoms with Crippen LogP contribution in [0.5, 0.6) is 5.75 Å². The van der Waals surface area contributed by atoms with Gasteiger partial charge in [-0.25, -0.2) is 27.9 Å². The molecule has 1 heterocycles. The van der Waals surface area contributed by atoms with Gasteiger partial charge in [0, 0.05) is 31.9 Å². The first-order valence-electron chi connectivity index (χ1n) is 21.7. The number of anilines is 1. The van der Waals surface area contributed by atoms with Crippen LogP contribution < -0.4 is 20.1 Å². The first-order valence-corrected chi connectivity index (χ1v) is 23.6. The van der Waals surface area contributed by atoms with Crippen LogP contribution in [-0.2, 0) is 48.1 Å². The van der Waals surface area contributed by atoms with Crippen molar-refractivity contribution in [1.29, 1.82) is 0 Å². The Bertz CT molecular complexity index is 1730. The van der Waals surface area contributed by atoms with Crippen molar-refractivity contribution in [1.82, 2.24) is 20.6 Å². The molecule has 0 aliphatic carbocycles. The third-order valence-corrected chi connectivity index (χ3v) is 10.5. The lowest BCUT2D eigenvalue weighted by Crippen LogP contribution is -2.31. The quantitative estimate of drug-likeness (QED) is 0.0442. The monoisotopic (exact) mass is 929 g/mol. The van der Waals surface area contributed by atoms with Crippen molar-refractivity contribution in [3.63, 3.8) is 0 Å². The molecule has 20 heteroatoms. The average molecular weight is 931 g/mol. The van der Waals surface area contributed by atoms with Crippen LogP contribution in [0, 0.1) is 0 Å². The maximum absolute atomic E-state index is 13.0. The molecule has 0 saturated heterocycles. The minimum absolute atomic E-state index is 0.102. The Morgan fingerprint density at radius 3 is 1.76 bits per heavy atom. The molecule has 2 aromatic rings. The van der Waals surface area contributed by atoms with Gasteiger partial charge in [0.05, 0.1) is 61.7 Å². The van der Waals surface area contributed by atoms with E-state index < -0.39 is 34.1 Å². The number of hydrogen-bond donors (Lipinski definition) is 4. The molecule has 0 spiro atoms. The third-order valence-electron chi connectivity index (χ3n) is 8.86. The van der Waals surface area contributed by atoms with E-state index in [2.05, 4.69) is 25.3 Å². The maximum atomic E-state index is 13.0. The number of carboxylic acid groups (broad SMARTS) is 1. The summed E-state index contributed by atoms with van der Waals surface area (Å²) in [5.74, 6) is -1.82.